The van der Waals surface area contributed by atoms with Crippen LogP contribution in [0.3, 0.4) is 0 Å². The standard InChI is InChI=1S/C21H29NO5/c1-22-13-21(9-7-14(8-10-21)20(24)25)15-3-6-18(26-2)19(11-15)27-17-5-4-16(23)12-17/h3,6,11,13-14,16-17,23H,4-5,7-10,12H2,1-2H3,(H,24,25). The van der Waals surface area contributed by atoms with E-state index in [4.69, 9.17) is 9.47 Å². The zero-order valence-corrected chi connectivity index (χ0v) is 16.1. The Morgan fingerprint density at radius 3 is 2.52 bits per heavy atom. The summed E-state index contributed by atoms with van der Waals surface area (Å²) in [5, 5.41) is 19.1. The summed E-state index contributed by atoms with van der Waals surface area (Å²) >= 11 is 0. The fourth-order valence-electron chi connectivity index (χ4n) is 4.40. The van der Waals surface area contributed by atoms with Gasteiger partial charge < -0.3 is 19.7 Å². The van der Waals surface area contributed by atoms with Gasteiger partial charge in [-0.3, -0.25) is 9.79 Å². The van der Waals surface area contributed by atoms with Gasteiger partial charge in [0.2, 0.25) is 0 Å². The van der Waals surface area contributed by atoms with Crippen LogP contribution in [-0.2, 0) is 10.2 Å². The Labute approximate surface area is 160 Å². The molecule has 0 aliphatic heterocycles. The number of benzene rings is 1. The molecule has 1 aromatic rings. The molecule has 0 aromatic heterocycles. The SMILES string of the molecule is CN=CC1(c2ccc(OC)c(OC3CCC(O)C3)c2)CCC(C(=O)O)CC1. The topological polar surface area (TPSA) is 88.4 Å². The molecule has 0 heterocycles. The van der Waals surface area contributed by atoms with Gasteiger partial charge in [0, 0.05) is 25.1 Å². The van der Waals surface area contributed by atoms with Gasteiger partial charge in [-0.05, 0) is 56.2 Å². The summed E-state index contributed by atoms with van der Waals surface area (Å²) in [6.45, 7) is 0. The van der Waals surface area contributed by atoms with Crippen LogP contribution in [0.5, 0.6) is 11.5 Å². The van der Waals surface area contributed by atoms with E-state index in [1.807, 2.05) is 24.4 Å². The van der Waals surface area contributed by atoms with Crippen LogP contribution in [0.25, 0.3) is 0 Å². The average Bonchev–Trinajstić information content (AvgIpc) is 3.07. The Kier molecular flexibility index (Phi) is 6.05. The summed E-state index contributed by atoms with van der Waals surface area (Å²) in [7, 11) is 3.37. The van der Waals surface area contributed by atoms with Crippen LogP contribution < -0.4 is 9.47 Å². The third-order valence-electron chi connectivity index (χ3n) is 5.99. The Balaban J connectivity index is 1.87. The molecular weight excluding hydrogens is 346 g/mol. The van der Waals surface area contributed by atoms with E-state index in [0.29, 0.717) is 30.8 Å². The Bertz CT molecular complexity index is 694. The van der Waals surface area contributed by atoms with Crippen molar-refractivity contribution >= 4 is 12.2 Å². The first-order valence-corrected chi connectivity index (χ1v) is 9.67. The molecule has 2 aliphatic rings. The molecule has 2 unspecified atom stereocenters. The molecular formula is C21H29NO5. The van der Waals surface area contributed by atoms with Gasteiger partial charge in [0.05, 0.1) is 19.1 Å². The van der Waals surface area contributed by atoms with Gasteiger partial charge in [0.1, 0.15) is 6.10 Å². The number of aliphatic carboxylic acids is 1. The lowest BCUT2D eigenvalue weighted by Crippen LogP contribution is -2.35. The van der Waals surface area contributed by atoms with Crippen molar-refractivity contribution in [2.24, 2.45) is 10.9 Å². The maximum absolute atomic E-state index is 11.3. The van der Waals surface area contributed by atoms with Gasteiger partial charge in [-0.15, -0.1) is 0 Å². The number of aliphatic hydroxyl groups excluding tert-OH is 1. The van der Waals surface area contributed by atoms with Crippen molar-refractivity contribution in [2.75, 3.05) is 14.2 Å². The number of carbonyl (C=O) groups is 1. The Hall–Kier alpha value is -2.08. The first-order chi connectivity index (χ1) is 13.0. The monoisotopic (exact) mass is 375 g/mol. The first-order valence-electron chi connectivity index (χ1n) is 9.67. The highest BCUT2D eigenvalue weighted by atomic mass is 16.5. The number of rotatable bonds is 6. The van der Waals surface area contributed by atoms with Crippen molar-refractivity contribution in [2.45, 2.75) is 62.6 Å². The summed E-state index contributed by atoms with van der Waals surface area (Å²) in [4.78, 5) is 15.6. The molecule has 2 fully saturated rings. The molecule has 1 aromatic carbocycles. The number of nitrogens with zero attached hydrogens (tertiary/aromatic N) is 1. The summed E-state index contributed by atoms with van der Waals surface area (Å²) in [6.07, 6.45) is 6.63. The summed E-state index contributed by atoms with van der Waals surface area (Å²) < 4.78 is 11.6. The molecule has 0 spiro atoms. The number of ether oxygens (including phenoxy) is 2. The minimum absolute atomic E-state index is 0.0114. The first kappa shape index (κ1) is 19.7. The number of hydrogen-bond acceptors (Lipinski definition) is 5. The average molecular weight is 375 g/mol. The Morgan fingerprint density at radius 1 is 1.22 bits per heavy atom. The van der Waals surface area contributed by atoms with E-state index in [9.17, 15) is 15.0 Å². The molecule has 27 heavy (non-hydrogen) atoms. The van der Waals surface area contributed by atoms with Gasteiger partial charge in [-0.1, -0.05) is 6.07 Å². The largest absolute Gasteiger partial charge is 0.493 e. The normalized spacial score (nSPS) is 31.1. The zero-order valence-electron chi connectivity index (χ0n) is 16.1. The third kappa shape index (κ3) is 4.26. The lowest BCUT2D eigenvalue weighted by Gasteiger charge is -2.37. The lowest BCUT2D eigenvalue weighted by molar-refractivity contribution is -0.143. The zero-order chi connectivity index (χ0) is 19.4. The number of hydrogen-bond donors (Lipinski definition) is 2. The van der Waals surface area contributed by atoms with Gasteiger partial charge in [0.25, 0.3) is 0 Å². The van der Waals surface area contributed by atoms with Gasteiger partial charge in [0.15, 0.2) is 11.5 Å². The highest BCUT2D eigenvalue weighted by Gasteiger charge is 2.38. The van der Waals surface area contributed by atoms with E-state index in [-0.39, 0.29) is 23.5 Å². The number of carboxylic acid groups (broad SMARTS) is 1. The highest BCUT2D eigenvalue weighted by Crippen LogP contribution is 2.43. The van der Waals surface area contributed by atoms with E-state index in [2.05, 4.69) is 4.99 Å². The fraction of sp³-hybridized carbons (Fsp3) is 0.619. The van der Waals surface area contributed by atoms with Crippen molar-refractivity contribution in [3.8, 4) is 11.5 Å². The van der Waals surface area contributed by atoms with Crippen LogP contribution in [-0.4, -0.2) is 48.8 Å². The van der Waals surface area contributed by atoms with Crippen molar-refractivity contribution < 1.29 is 24.5 Å². The summed E-state index contributed by atoms with van der Waals surface area (Å²) in [5.41, 5.74) is 0.798. The van der Waals surface area contributed by atoms with Crippen LogP contribution in [0.4, 0.5) is 0 Å². The number of aliphatic hydroxyl groups is 1. The van der Waals surface area contributed by atoms with Gasteiger partial charge >= 0.3 is 5.97 Å². The second kappa shape index (κ2) is 8.30. The van der Waals surface area contributed by atoms with Crippen molar-refractivity contribution in [3.05, 3.63) is 23.8 Å². The van der Waals surface area contributed by atoms with Crippen LogP contribution in [0.15, 0.2) is 23.2 Å². The van der Waals surface area contributed by atoms with Gasteiger partial charge in [-0.2, -0.15) is 0 Å². The molecule has 2 aliphatic carbocycles. The minimum atomic E-state index is -0.712. The van der Waals surface area contributed by atoms with Crippen molar-refractivity contribution in [3.63, 3.8) is 0 Å². The number of aliphatic imine (C=N–C) groups is 1. The summed E-state index contributed by atoms with van der Waals surface area (Å²) in [5.74, 6) is 0.356. The molecule has 2 atom stereocenters. The van der Waals surface area contributed by atoms with Gasteiger partial charge in [-0.25, -0.2) is 0 Å². The molecule has 0 radical (unpaired) electrons. The van der Waals surface area contributed by atoms with Crippen molar-refractivity contribution in [1.29, 1.82) is 0 Å². The molecule has 6 nitrogen and oxygen atoms in total. The maximum Gasteiger partial charge on any atom is 0.306 e. The summed E-state index contributed by atoms with van der Waals surface area (Å²) in [6, 6.07) is 5.94. The molecule has 0 amide bonds. The van der Waals surface area contributed by atoms with Crippen LogP contribution in [0, 0.1) is 5.92 Å². The number of carboxylic acids is 1. The second-order valence-electron chi connectivity index (χ2n) is 7.73. The molecule has 2 N–H and O–H groups in total. The van der Waals surface area contributed by atoms with Crippen LogP contribution >= 0.6 is 0 Å². The van der Waals surface area contributed by atoms with Crippen LogP contribution in [0.1, 0.15) is 50.5 Å². The lowest BCUT2D eigenvalue weighted by atomic mass is 9.67. The highest BCUT2D eigenvalue weighted by molar-refractivity contribution is 5.76. The van der Waals surface area contributed by atoms with E-state index in [1.165, 1.54) is 0 Å². The second-order valence-corrected chi connectivity index (χ2v) is 7.73. The van der Waals surface area contributed by atoms with E-state index < -0.39 is 5.97 Å². The molecule has 0 bridgehead atoms. The molecule has 0 saturated heterocycles. The fourth-order valence-corrected chi connectivity index (χ4v) is 4.40. The van der Waals surface area contributed by atoms with Crippen molar-refractivity contribution in [1.82, 2.24) is 0 Å². The van der Waals surface area contributed by atoms with E-state index in [1.54, 1.807) is 14.2 Å². The maximum atomic E-state index is 11.3. The molecule has 2 saturated carbocycles. The molecule has 148 valence electrons. The predicted molar refractivity (Wildman–Crippen MR) is 103 cm³/mol. The molecule has 3 rings (SSSR count). The predicted octanol–water partition coefficient (Wildman–Crippen LogP) is 3.20. The minimum Gasteiger partial charge on any atom is -0.493 e. The Morgan fingerprint density at radius 2 is 1.96 bits per heavy atom. The third-order valence-corrected chi connectivity index (χ3v) is 5.99. The quantitative estimate of drug-likeness (QED) is 0.746. The van der Waals surface area contributed by atoms with Crippen LogP contribution in [0.2, 0.25) is 0 Å². The smallest absolute Gasteiger partial charge is 0.306 e. The van der Waals surface area contributed by atoms with E-state index >= 15 is 0 Å². The van der Waals surface area contributed by atoms with E-state index in [0.717, 1.165) is 31.2 Å². The number of methoxy groups -OCH3 is 1. The molecule has 6 heteroatoms.